The number of carboxylic acid groups (broad SMARTS) is 1. The third-order valence-electron chi connectivity index (χ3n) is 4.47. The lowest BCUT2D eigenvalue weighted by molar-refractivity contribution is 0.0699. The van der Waals surface area contributed by atoms with Gasteiger partial charge in [-0.05, 0) is 54.4 Å². The molecule has 7 heteroatoms. The highest BCUT2D eigenvalue weighted by Crippen LogP contribution is 2.23. The Balaban J connectivity index is 1.54. The number of carboxylic acids is 1. The summed E-state index contributed by atoms with van der Waals surface area (Å²) < 4.78 is 0. The summed E-state index contributed by atoms with van der Waals surface area (Å²) in [6, 6.07) is 17.0. The molecule has 0 aliphatic carbocycles. The molecule has 0 unspecified atom stereocenters. The van der Waals surface area contributed by atoms with E-state index in [0.717, 1.165) is 22.6 Å². The van der Waals surface area contributed by atoms with Gasteiger partial charge < -0.3 is 15.7 Å². The molecule has 2 aromatic heterocycles. The van der Waals surface area contributed by atoms with Gasteiger partial charge in [-0.25, -0.2) is 19.7 Å². The normalized spacial score (nSPS) is 10.7. The fourth-order valence-corrected chi connectivity index (χ4v) is 3.10. The standard InChI is InChI=1S/C22H19N5O2/c1-14-8-9-23-19(10-14)27-16-5-2-4-15(11-16)12-24-21-17-6-3-7-18(22(28)29)20(17)25-13-26-21/h2-11,13H,12H2,1H3,(H,23,27)(H,28,29)(H,24,25,26). The number of aromatic carboxylic acids is 1. The van der Waals surface area contributed by atoms with Crippen molar-refractivity contribution in [2.24, 2.45) is 0 Å². The van der Waals surface area contributed by atoms with E-state index >= 15 is 0 Å². The summed E-state index contributed by atoms with van der Waals surface area (Å²) in [6.07, 6.45) is 3.15. The quantitative estimate of drug-likeness (QED) is 0.453. The molecule has 0 bridgehead atoms. The maximum absolute atomic E-state index is 11.4. The van der Waals surface area contributed by atoms with Crippen LogP contribution in [0.15, 0.2) is 67.1 Å². The van der Waals surface area contributed by atoms with Crippen molar-refractivity contribution in [1.82, 2.24) is 15.0 Å². The van der Waals surface area contributed by atoms with Crippen LogP contribution in [-0.4, -0.2) is 26.0 Å². The Kier molecular flexibility index (Phi) is 5.03. The van der Waals surface area contributed by atoms with Gasteiger partial charge in [-0.15, -0.1) is 0 Å². The van der Waals surface area contributed by atoms with Gasteiger partial charge in [0.25, 0.3) is 0 Å². The van der Waals surface area contributed by atoms with Crippen LogP contribution in [0.1, 0.15) is 21.5 Å². The van der Waals surface area contributed by atoms with Crippen molar-refractivity contribution in [3.8, 4) is 0 Å². The lowest BCUT2D eigenvalue weighted by Crippen LogP contribution is -2.05. The molecule has 0 aliphatic heterocycles. The van der Waals surface area contributed by atoms with Crippen molar-refractivity contribution in [2.45, 2.75) is 13.5 Å². The Labute approximate surface area is 167 Å². The van der Waals surface area contributed by atoms with Crippen LogP contribution >= 0.6 is 0 Å². The molecule has 144 valence electrons. The van der Waals surface area contributed by atoms with E-state index in [2.05, 4.69) is 25.6 Å². The smallest absolute Gasteiger partial charge is 0.337 e. The number of aryl methyl sites for hydroxylation is 1. The highest BCUT2D eigenvalue weighted by atomic mass is 16.4. The minimum absolute atomic E-state index is 0.157. The SMILES string of the molecule is Cc1ccnc(Nc2cccc(CNc3ncnc4c(C(=O)O)cccc34)c2)c1. The summed E-state index contributed by atoms with van der Waals surface area (Å²) in [5, 5.41) is 16.6. The van der Waals surface area contributed by atoms with Crippen molar-refractivity contribution < 1.29 is 9.90 Å². The molecule has 3 N–H and O–H groups in total. The lowest BCUT2D eigenvalue weighted by Gasteiger charge is -2.11. The Morgan fingerprint density at radius 1 is 1.03 bits per heavy atom. The van der Waals surface area contributed by atoms with Crippen LogP contribution in [0.5, 0.6) is 0 Å². The Bertz CT molecular complexity index is 1190. The van der Waals surface area contributed by atoms with Gasteiger partial charge in [0.2, 0.25) is 0 Å². The number of carbonyl (C=O) groups is 1. The number of benzene rings is 2. The molecule has 0 saturated carbocycles. The zero-order chi connectivity index (χ0) is 20.2. The van der Waals surface area contributed by atoms with Crippen molar-refractivity contribution in [3.63, 3.8) is 0 Å². The van der Waals surface area contributed by atoms with E-state index in [1.807, 2.05) is 49.4 Å². The molecule has 0 atom stereocenters. The molecule has 0 amide bonds. The molecule has 29 heavy (non-hydrogen) atoms. The fraction of sp³-hybridized carbons (Fsp3) is 0.0909. The highest BCUT2D eigenvalue weighted by Gasteiger charge is 2.12. The van der Waals surface area contributed by atoms with Gasteiger partial charge in [-0.2, -0.15) is 0 Å². The van der Waals surface area contributed by atoms with Crippen molar-refractivity contribution in [1.29, 1.82) is 0 Å². The van der Waals surface area contributed by atoms with Crippen LogP contribution in [0.3, 0.4) is 0 Å². The van der Waals surface area contributed by atoms with Crippen LogP contribution < -0.4 is 10.6 Å². The average Bonchev–Trinajstić information content (AvgIpc) is 2.72. The first-order valence-electron chi connectivity index (χ1n) is 9.09. The molecule has 4 rings (SSSR count). The second-order valence-corrected chi connectivity index (χ2v) is 6.63. The van der Waals surface area contributed by atoms with Gasteiger partial charge in [0.05, 0.1) is 11.1 Å². The summed E-state index contributed by atoms with van der Waals surface area (Å²) in [5.74, 6) is 0.374. The van der Waals surface area contributed by atoms with E-state index in [-0.39, 0.29) is 5.56 Å². The Morgan fingerprint density at radius 2 is 1.90 bits per heavy atom. The molecule has 4 aromatic rings. The molecule has 0 radical (unpaired) electrons. The first-order valence-corrected chi connectivity index (χ1v) is 9.09. The van der Waals surface area contributed by atoms with E-state index in [0.29, 0.717) is 23.3 Å². The van der Waals surface area contributed by atoms with E-state index in [1.54, 1.807) is 12.3 Å². The topological polar surface area (TPSA) is 100 Å². The minimum Gasteiger partial charge on any atom is -0.478 e. The molecule has 2 heterocycles. The van der Waals surface area contributed by atoms with Gasteiger partial charge in [0.15, 0.2) is 0 Å². The summed E-state index contributed by atoms with van der Waals surface area (Å²) in [4.78, 5) is 24.2. The monoisotopic (exact) mass is 385 g/mol. The maximum atomic E-state index is 11.4. The summed E-state index contributed by atoms with van der Waals surface area (Å²) >= 11 is 0. The lowest BCUT2D eigenvalue weighted by atomic mass is 10.1. The van der Waals surface area contributed by atoms with Crippen molar-refractivity contribution >= 4 is 34.2 Å². The van der Waals surface area contributed by atoms with Crippen LogP contribution in [0, 0.1) is 6.92 Å². The van der Waals surface area contributed by atoms with E-state index < -0.39 is 5.97 Å². The van der Waals surface area contributed by atoms with E-state index in [9.17, 15) is 9.90 Å². The fourth-order valence-electron chi connectivity index (χ4n) is 3.10. The highest BCUT2D eigenvalue weighted by molar-refractivity contribution is 6.04. The number of hydrogen-bond acceptors (Lipinski definition) is 6. The minimum atomic E-state index is -1.01. The van der Waals surface area contributed by atoms with Crippen molar-refractivity contribution in [3.05, 3.63) is 83.8 Å². The van der Waals surface area contributed by atoms with Gasteiger partial charge in [-0.1, -0.05) is 18.2 Å². The summed E-state index contributed by atoms with van der Waals surface area (Å²) in [6.45, 7) is 2.55. The number of pyridine rings is 1. The van der Waals surface area contributed by atoms with E-state index in [4.69, 9.17) is 0 Å². The molecule has 0 spiro atoms. The first kappa shape index (κ1) is 18.4. The zero-order valence-electron chi connectivity index (χ0n) is 15.8. The molecule has 2 aromatic carbocycles. The Morgan fingerprint density at radius 3 is 2.72 bits per heavy atom. The number of nitrogens with one attached hydrogen (secondary N) is 2. The third-order valence-corrected chi connectivity index (χ3v) is 4.47. The number of aromatic nitrogens is 3. The number of para-hydroxylation sites is 1. The van der Waals surface area contributed by atoms with Crippen molar-refractivity contribution in [2.75, 3.05) is 10.6 Å². The first-order chi connectivity index (χ1) is 14.1. The number of fused-ring (bicyclic) bond motifs is 1. The van der Waals surface area contributed by atoms with Gasteiger partial charge >= 0.3 is 5.97 Å². The number of nitrogens with zero attached hydrogens (tertiary/aromatic N) is 3. The predicted octanol–water partition coefficient (Wildman–Crippen LogP) is 4.39. The van der Waals surface area contributed by atoms with Crippen LogP contribution in [0.25, 0.3) is 10.9 Å². The van der Waals surface area contributed by atoms with Crippen LogP contribution in [0.2, 0.25) is 0 Å². The summed E-state index contributed by atoms with van der Waals surface area (Å²) in [5.41, 5.74) is 3.69. The van der Waals surface area contributed by atoms with Gasteiger partial charge in [0, 0.05) is 23.8 Å². The second kappa shape index (κ2) is 7.93. The summed E-state index contributed by atoms with van der Waals surface area (Å²) in [7, 11) is 0. The molecular weight excluding hydrogens is 366 g/mol. The van der Waals surface area contributed by atoms with E-state index in [1.165, 1.54) is 12.4 Å². The second-order valence-electron chi connectivity index (χ2n) is 6.63. The number of hydrogen-bond donors (Lipinski definition) is 3. The van der Waals surface area contributed by atoms with Crippen LogP contribution in [0.4, 0.5) is 17.3 Å². The number of anilines is 3. The Hall–Kier alpha value is -4.00. The molecule has 0 fully saturated rings. The van der Waals surface area contributed by atoms with Gasteiger partial charge in [-0.3, -0.25) is 0 Å². The zero-order valence-corrected chi connectivity index (χ0v) is 15.8. The number of rotatable bonds is 6. The average molecular weight is 385 g/mol. The largest absolute Gasteiger partial charge is 0.478 e. The predicted molar refractivity (Wildman–Crippen MR) is 113 cm³/mol. The molecule has 7 nitrogen and oxygen atoms in total. The molecule has 0 saturated heterocycles. The molecular formula is C22H19N5O2. The maximum Gasteiger partial charge on any atom is 0.337 e. The third kappa shape index (κ3) is 4.14. The van der Waals surface area contributed by atoms with Gasteiger partial charge in [0.1, 0.15) is 18.0 Å². The van der Waals surface area contributed by atoms with Crippen LogP contribution in [-0.2, 0) is 6.54 Å². The molecule has 0 aliphatic rings.